The number of nitrogens with zero attached hydrogens (tertiary/aromatic N) is 5. The summed E-state index contributed by atoms with van der Waals surface area (Å²) in [6, 6.07) is 5.15. The standard InChI is InChI=1S/C16H22N6O2/c1-20-13(8-9-18-20)16(24)17-11-12-5-3-4-10-22(12)14-6-7-15(23)21(2)19-14/h6-9,12H,3-5,10-11H2,1-2H3,(H,17,24). The molecule has 8 nitrogen and oxygen atoms in total. The summed E-state index contributed by atoms with van der Waals surface area (Å²) in [7, 11) is 3.39. The fraction of sp³-hybridized carbons (Fsp3) is 0.500. The number of nitrogens with one attached hydrogen (secondary N) is 1. The van der Waals surface area contributed by atoms with Crippen LogP contribution in [0.5, 0.6) is 0 Å². The lowest BCUT2D eigenvalue weighted by atomic mass is 10.0. The molecule has 24 heavy (non-hydrogen) atoms. The van der Waals surface area contributed by atoms with Crippen molar-refractivity contribution in [3.63, 3.8) is 0 Å². The lowest BCUT2D eigenvalue weighted by molar-refractivity contribution is 0.0940. The number of amides is 1. The third-order valence-corrected chi connectivity index (χ3v) is 4.42. The molecule has 0 aliphatic carbocycles. The summed E-state index contributed by atoms with van der Waals surface area (Å²) in [5, 5.41) is 11.3. The third-order valence-electron chi connectivity index (χ3n) is 4.42. The summed E-state index contributed by atoms with van der Waals surface area (Å²) in [4.78, 5) is 26.0. The van der Waals surface area contributed by atoms with Gasteiger partial charge in [0.15, 0.2) is 0 Å². The van der Waals surface area contributed by atoms with Crippen LogP contribution in [0.25, 0.3) is 0 Å². The van der Waals surface area contributed by atoms with Gasteiger partial charge in [0, 0.05) is 45.5 Å². The second-order valence-electron chi connectivity index (χ2n) is 6.05. The second-order valence-corrected chi connectivity index (χ2v) is 6.05. The molecule has 1 unspecified atom stereocenters. The molecule has 8 heteroatoms. The lowest BCUT2D eigenvalue weighted by Crippen LogP contribution is -2.47. The highest BCUT2D eigenvalue weighted by atomic mass is 16.2. The molecule has 1 amide bonds. The van der Waals surface area contributed by atoms with Crippen molar-refractivity contribution in [2.24, 2.45) is 14.1 Å². The second kappa shape index (κ2) is 6.86. The van der Waals surface area contributed by atoms with Crippen molar-refractivity contribution in [3.8, 4) is 0 Å². The summed E-state index contributed by atoms with van der Waals surface area (Å²) >= 11 is 0. The van der Waals surface area contributed by atoms with Crippen LogP contribution in [0.1, 0.15) is 29.8 Å². The Bertz CT molecular complexity index is 781. The molecule has 3 rings (SSSR count). The summed E-state index contributed by atoms with van der Waals surface area (Å²) in [6.45, 7) is 1.41. The van der Waals surface area contributed by atoms with Crippen LogP contribution in [0, 0.1) is 0 Å². The first-order valence-corrected chi connectivity index (χ1v) is 8.13. The maximum Gasteiger partial charge on any atom is 0.269 e. The zero-order valence-corrected chi connectivity index (χ0v) is 14.0. The fourth-order valence-corrected chi connectivity index (χ4v) is 3.06. The first-order valence-electron chi connectivity index (χ1n) is 8.13. The molecule has 3 heterocycles. The molecule has 0 spiro atoms. The van der Waals surface area contributed by atoms with Crippen LogP contribution in [0.2, 0.25) is 0 Å². The Labute approximate surface area is 140 Å². The number of aryl methyl sites for hydroxylation is 2. The first-order chi connectivity index (χ1) is 11.6. The Morgan fingerprint density at radius 2 is 2.08 bits per heavy atom. The number of hydrogen-bond donors (Lipinski definition) is 1. The SMILES string of the molecule is Cn1nccc1C(=O)NCC1CCCCN1c1ccc(=O)n(C)n1. The topological polar surface area (TPSA) is 85.0 Å². The highest BCUT2D eigenvalue weighted by molar-refractivity contribution is 5.92. The van der Waals surface area contributed by atoms with E-state index in [1.807, 2.05) is 0 Å². The molecule has 2 aromatic rings. The zero-order chi connectivity index (χ0) is 17.1. The van der Waals surface area contributed by atoms with Crippen molar-refractivity contribution in [2.75, 3.05) is 18.0 Å². The van der Waals surface area contributed by atoms with Gasteiger partial charge in [-0.05, 0) is 31.4 Å². The number of carbonyl (C=O) groups is 1. The van der Waals surface area contributed by atoms with Crippen LogP contribution in [0.4, 0.5) is 5.82 Å². The van der Waals surface area contributed by atoms with Gasteiger partial charge in [-0.2, -0.15) is 10.2 Å². The van der Waals surface area contributed by atoms with Crippen molar-refractivity contribution in [1.29, 1.82) is 0 Å². The third kappa shape index (κ3) is 3.32. The van der Waals surface area contributed by atoms with Crippen LogP contribution in [0.15, 0.2) is 29.2 Å². The van der Waals surface area contributed by atoms with Gasteiger partial charge in [0.25, 0.3) is 11.5 Å². The van der Waals surface area contributed by atoms with E-state index in [9.17, 15) is 9.59 Å². The van der Waals surface area contributed by atoms with E-state index >= 15 is 0 Å². The van der Waals surface area contributed by atoms with Crippen LogP contribution in [0.3, 0.4) is 0 Å². The normalized spacial score (nSPS) is 17.8. The number of piperidine rings is 1. The molecule has 0 radical (unpaired) electrons. The molecule has 1 aliphatic heterocycles. The molecule has 0 aromatic carbocycles. The zero-order valence-electron chi connectivity index (χ0n) is 14.0. The average molecular weight is 330 g/mol. The minimum Gasteiger partial charge on any atom is -0.350 e. The summed E-state index contributed by atoms with van der Waals surface area (Å²) < 4.78 is 2.90. The van der Waals surface area contributed by atoms with Crippen LogP contribution >= 0.6 is 0 Å². The van der Waals surface area contributed by atoms with E-state index in [4.69, 9.17) is 0 Å². The van der Waals surface area contributed by atoms with Gasteiger partial charge in [-0.1, -0.05) is 0 Å². The average Bonchev–Trinajstić information content (AvgIpc) is 3.01. The van der Waals surface area contributed by atoms with E-state index in [1.165, 1.54) is 10.7 Å². The molecule has 1 atom stereocenters. The van der Waals surface area contributed by atoms with Crippen molar-refractivity contribution in [3.05, 3.63) is 40.4 Å². The molecule has 128 valence electrons. The number of carbonyl (C=O) groups excluding carboxylic acids is 1. The summed E-state index contributed by atoms with van der Waals surface area (Å²) in [5.41, 5.74) is 0.411. The number of aromatic nitrogens is 4. The van der Waals surface area contributed by atoms with Crippen molar-refractivity contribution in [2.45, 2.75) is 25.3 Å². The van der Waals surface area contributed by atoms with Gasteiger partial charge in [0.1, 0.15) is 11.5 Å². The molecule has 0 bridgehead atoms. The maximum atomic E-state index is 12.3. The Morgan fingerprint density at radius 3 is 2.79 bits per heavy atom. The predicted octanol–water partition coefficient (Wildman–Crippen LogP) is 0.303. The quantitative estimate of drug-likeness (QED) is 0.872. The molecule has 2 aromatic heterocycles. The Kier molecular flexibility index (Phi) is 4.64. The monoisotopic (exact) mass is 330 g/mol. The Hall–Kier alpha value is -2.64. The molecule has 1 aliphatic rings. The van der Waals surface area contributed by atoms with Crippen LogP contribution in [-0.4, -0.2) is 44.6 Å². The van der Waals surface area contributed by atoms with Crippen LogP contribution < -0.4 is 15.8 Å². The first kappa shape index (κ1) is 16.2. The molecule has 1 fully saturated rings. The fourth-order valence-electron chi connectivity index (χ4n) is 3.06. The molecule has 1 N–H and O–H groups in total. The van der Waals surface area contributed by atoms with Gasteiger partial charge in [-0.25, -0.2) is 4.68 Å². The summed E-state index contributed by atoms with van der Waals surface area (Å²) in [6.07, 6.45) is 4.79. The Morgan fingerprint density at radius 1 is 1.25 bits per heavy atom. The molecular weight excluding hydrogens is 308 g/mol. The van der Waals surface area contributed by atoms with Crippen LogP contribution in [-0.2, 0) is 14.1 Å². The highest BCUT2D eigenvalue weighted by Crippen LogP contribution is 2.22. The minimum absolute atomic E-state index is 0.128. The van der Waals surface area contributed by atoms with E-state index in [0.29, 0.717) is 12.2 Å². The van der Waals surface area contributed by atoms with Gasteiger partial charge in [-0.3, -0.25) is 14.3 Å². The Balaban J connectivity index is 1.70. The number of hydrogen-bond acceptors (Lipinski definition) is 5. The number of anilines is 1. The van der Waals surface area contributed by atoms with Gasteiger partial charge in [0.05, 0.1) is 0 Å². The maximum absolute atomic E-state index is 12.3. The lowest BCUT2D eigenvalue weighted by Gasteiger charge is -2.36. The summed E-state index contributed by atoms with van der Waals surface area (Å²) in [5.74, 6) is 0.644. The van der Waals surface area contributed by atoms with Gasteiger partial charge < -0.3 is 10.2 Å². The van der Waals surface area contributed by atoms with E-state index in [0.717, 1.165) is 31.6 Å². The largest absolute Gasteiger partial charge is 0.350 e. The van der Waals surface area contributed by atoms with E-state index in [2.05, 4.69) is 20.4 Å². The molecule has 1 saturated heterocycles. The van der Waals surface area contributed by atoms with Gasteiger partial charge in [0.2, 0.25) is 0 Å². The van der Waals surface area contributed by atoms with Crippen molar-refractivity contribution >= 4 is 11.7 Å². The molecule has 0 saturated carbocycles. The van der Waals surface area contributed by atoms with E-state index < -0.39 is 0 Å². The number of rotatable bonds is 4. The van der Waals surface area contributed by atoms with Gasteiger partial charge in [-0.15, -0.1) is 0 Å². The van der Waals surface area contributed by atoms with Crippen molar-refractivity contribution < 1.29 is 4.79 Å². The van der Waals surface area contributed by atoms with Crippen molar-refractivity contribution in [1.82, 2.24) is 24.9 Å². The smallest absolute Gasteiger partial charge is 0.269 e. The highest BCUT2D eigenvalue weighted by Gasteiger charge is 2.25. The van der Waals surface area contributed by atoms with E-state index in [-0.39, 0.29) is 17.5 Å². The van der Waals surface area contributed by atoms with Gasteiger partial charge >= 0.3 is 0 Å². The predicted molar refractivity (Wildman–Crippen MR) is 90.0 cm³/mol. The van der Waals surface area contributed by atoms with E-state index in [1.54, 1.807) is 37.1 Å². The molecular formula is C16H22N6O2. The minimum atomic E-state index is -0.131.